The molecule has 0 bridgehead atoms. The average molecular weight is 360 g/mol. The van der Waals surface area contributed by atoms with Gasteiger partial charge in [0.25, 0.3) is 5.91 Å². The number of likely N-dealkylation sites (tertiary alicyclic amines) is 1. The van der Waals surface area contributed by atoms with Crippen LogP contribution in [-0.2, 0) is 11.4 Å². The molecule has 1 saturated heterocycles. The number of ether oxygens (including phenoxy) is 1. The molecular formula is C19H18ClNO4. The second-order valence-electron chi connectivity index (χ2n) is 5.94. The van der Waals surface area contributed by atoms with Gasteiger partial charge in [-0.1, -0.05) is 29.8 Å². The van der Waals surface area contributed by atoms with Crippen LogP contribution in [-0.4, -0.2) is 34.5 Å². The molecule has 1 atom stereocenters. The van der Waals surface area contributed by atoms with E-state index in [1.807, 2.05) is 18.2 Å². The largest absolute Gasteiger partial charge is 0.489 e. The summed E-state index contributed by atoms with van der Waals surface area (Å²) in [5, 5.41) is 9.88. The summed E-state index contributed by atoms with van der Waals surface area (Å²) in [5.41, 5.74) is 1.35. The van der Waals surface area contributed by atoms with Gasteiger partial charge in [-0.3, -0.25) is 4.79 Å². The minimum atomic E-state index is -0.959. The van der Waals surface area contributed by atoms with Crippen LogP contribution in [0.25, 0.3) is 0 Å². The Morgan fingerprint density at radius 1 is 1.20 bits per heavy atom. The summed E-state index contributed by atoms with van der Waals surface area (Å²) in [6.45, 7) is 0.795. The second kappa shape index (κ2) is 7.57. The van der Waals surface area contributed by atoms with Gasteiger partial charge >= 0.3 is 5.97 Å². The zero-order valence-corrected chi connectivity index (χ0v) is 14.3. The highest BCUT2D eigenvalue weighted by Gasteiger charge is 2.34. The summed E-state index contributed by atoms with van der Waals surface area (Å²) in [7, 11) is 0. The van der Waals surface area contributed by atoms with Crippen molar-refractivity contribution in [1.29, 1.82) is 0 Å². The molecule has 1 fully saturated rings. The number of aliphatic carboxylic acids is 1. The van der Waals surface area contributed by atoms with E-state index in [1.54, 1.807) is 30.3 Å². The summed E-state index contributed by atoms with van der Waals surface area (Å²) in [6.07, 6.45) is 1.19. The fraction of sp³-hybridized carbons (Fsp3) is 0.263. The Balaban J connectivity index is 1.70. The Morgan fingerprint density at radius 3 is 2.76 bits per heavy atom. The van der Waals surface area contributed by atoms with Gasteiger partial charge in [0.15, 0.2) is 0 Å². The highest BCUT2D eigenvalue weighted by Crippen LogP contribution is 2.23. The van der Waals surface area contributed by atoms with E-state index in [4.69, 9.17) is 16.3 Å². The highest BCUT2D eigenvalue weighted by atomic mass is 35.5. The van der Waals surface area contributed by atoms with E-state index in [9.17, 15) is 14.7 Å². The SMILES string of the molecule is O=C(O)[C@H]1CCCN1C(=O)c1cccc(OCc2cccc(Cl)c2)c1. The third-order valence-corrected chi connectivity index (χ3v) is 4.41. The highest BCUT2D eigenvalue weighted by molar-refractivity contribution is 6.30. The van der Waals surface area contributed by atoms with Crippen molar-refractivity contribution >= 4 is 23.5 Å². The predicted molar refractivity (Wildman–Crippen MR) is 93.9 cm³/mol. The number of carboxylic acids is 1. The normalized spacial score (nSPS) is 16.7. The lowest BCUT2D eigenvalue weighted by Gasteiger charge is -2.21. The van der Waals surface area contributed by atoms with E-state index >= 15 is 0 Å². The zero-order chi connectivity index (χ0) is 17.8. The zero-order valence-electron chi connectivity index (χ0n) is 13.5. The predicted octanol–water partition coefficient (Wildman–Crippen LogP) is 3.61. The average Bonchev–Trinajstić information content (AvgIpc) is 3.10. The summed E-state index contributed by atoms with van der Waals surface area (Å²) in [5.74, 6) is -0.686. The van der Waals surface area contributed by atoms with Crippen molar-refractivity contribution in [1.82, 2.24) is 4.90 Å². The van der Waals surface area contributed by atoms with Gasteiger partial charge in [0.05, 0.1) is 0 Å². The molecule has 0 spiro atoms. The quantitative estimate of drug-likeness (QED) is 0.885. The van der Waals surface area contributed by atoms with Crippen molar-refractivity contribution < 1.29 is 19.4 Å². The molecule has 25 heavy (non-hydrogen) atoms. The standard InChI is InChI=1S/C19H18ClNO4/c20-15-6-1-4-13(10-15)12-25-16-7-2-5-14(11-16)18(22)21-9-3-8-17(21)19(23)24/h1-2,4-7,10-11,17H,3,8-9,12H2,(H,23,24)/t17-/m1/s1. The monoisotopic (exact) mass is 359 g/mol. The van der Waals surface area contributed by atoms with Crippen LogP contribution in [0, 0.1) is 0 Å². The third-order valence-electron chi connectivity index (χ3n) is 4.17. The fourth-order valence-corrected chi connectivity index (χ4v) is 3.16. The molecule has 6 heteroatoms. The molecular weight excluding hydrogens is 342 g/mol. The van der Waals surface area contributed by atoms with Gasteiger partial charge in [0, 0.05) is 17.1 Å². The molecule has 1 heterocycles. The first-order chi connectivity index (χ1) is 12.0. The van der Waals surface area contributed by atoms with Crippen LogP contribution in [0.3, 0.4) is 0 Å². The number of carbonyl (C=O) groups is 2. The topological polar surface area (TPSA) is 66.8 Å². The number of amides is 1. The maximum atomic E-state index is 12.6. The summed E-state index contributed by atoms with van der Waals surface area (Å²) in [6, 6.07) is 13.4. The van der Waals surface area contributed by atoms with Gasteiger partial charge in [-0.25, -0.2) is 4.79 Å². The van der Waals surface area contributed by atoms with Gasteiger partial charge in [0.2, 0.25) is 0 Å². The van der Waals surface area contributed by atoms with Gasteiger partial charge in [-0.15, -0.1) is 0 Å². The van der Waals surface area contributed by atoms with E-state index in [0.717, 1.165) is 5.56 Å². The summed E-state index contributed by atoms with van der Waals surface area (Å²) < 4.78 is 5.73. The van der Waals surface area contributed by atoms with Crippen molar-refractivity contribution in [2.24, 2.45) is 0 Å². The number of nitrogens with zero attached hydrogens (tertiary/aromatic N) is 1. The van der Waals surface area contributed by atoms with E-state index in [2.05, 4.69) is 0 Å². The van der Waals surface area contributed by atoms with Crippen molar-refractivity contribution in [3.8, 4) is 5.75 Å². The molecule has 1 aliphatic rings. The molecule has 1 N–H and O–H groups in total. The molecule has 1 amide bonds. The van der Waals surface area contributed by atoms with Crippen molar-refractivity contribution in [3.63, 3.8) is 0 Å². The molecule has 2 aromatic rings. The van der Waals surface area contributed by atoms with Crippen LogP contribution >= 0.6 is 11.6 Å². The number of benzene rings is 2. The molecule has 0 aliphatic carbocycles. The van der Waals surface area contributed by atoms with E-state index in [1.165, 1.54) is 4.90 Å². The number of carbonyl (C=O) groups excluding carboxylic acids is 1. The van der Waals surface area contributed by atoms with E-state index in [0.29, 0.717) is 42.3 Å². The van der Waals surface area contributed by atoms with Gasteiger partial charge in [0.1, 0.15) is 18.4 Å². The Hall–Kier alpha value is -2.53. The van der Waals surface area contributed by atoms with Crippen LogP contribution in [0.5, 0.6) is 5.75 Å². The minimum absolute atomic E-state index is 0.280. The van der Waals surface area contributed by atoms with E-state index < -0.39 is 12.0 Å². The Morgan fingerprint density at radius 2 is 2.00 bits per heavy atom. The van der Waals surface area contributed by atoms with Crippen LogP contribution in [0.15, 0.2) is 48.5 Å². The lowest BCUT2D eigenvalue weighted by molar-refractivity contribution is -0.141. The molecule has 3 rings (SSSR count). The molecule has 0 aromatic heterocycles. The number of rotatable bonds is 5. The molecule has 0 radical (unpaired) electrons. The lowest BCUT2D eigenvalue weighted by atomic mass is 10.1. The maximum Gasteiger partial charge on any atom is 0.326 e. The molecule has 0 unspecified atom stereocenters. The Bertz CT molecular complexity index is 792. The van der Waals surface area contributed by atoms with Crippen LogP contribution in [0.1, 0.15) is 28.8 Å². The first-order valence-corrected chi connectivity index (χ1v) is 8.43. The number of hydrogen-bond donors (Lipinski definition) is 1. The smallest absolute Gasteiger partial charge is 0.326 e. The van der Waals surface area contributed by atoms with Crippen molar-refractivity contribution in [2.75, 3.05) is 6.54 Å². The van der Waals surface area contributed by atoms with Gasteiger partial charge in [-0.2, -0.15) is 0 Å². The molecule has 130 valence electrons. The first kappa shape index (κ1) is 17.3. The molecule has 5 nitrogen and oxygen atoms in total. The van der Waals surface area contributed by atoms with Crippen LogP contribution in [0.2, 0.25) is 5.02 Å². The molecule has 2 aromatic carbocycles. The van der Waals surface area contributed by atoms with Gasteiger partial charge < -0.3 is 14.7 Å². The lowest BCUT2D eigenvalue weighted by Crippen LogP contribution is -2.40. The maximum absolute atomic E-state index is 12.6. The van der Waals surface area contributed by atoms with Crippen molar-refractivity contribution in [2.45, 2.75) is 25.5 Å². The van der Waals surface area contributed by atoms with Crippen LogP contribution < -0.4 is 4.74 Å². The third kappa shape index (κ3) is 4.12. The van der Waals surface area contributed by atoms with E-state index in [-0.39, 0.29) is 5.91 Å². The summed E-state index contributed by atoms with van der Waals surface area (Å²) >= 11 is 5.95. The van der Waals surface area contributed by atoms with Crippen molar-refractivity contribution in [3.05, 3.63) is 64.7 Å². The van der Waals surface area contributed by atoms with Gasteiger partial charge in [-0.05, 0) is 48.7 Å². The number of carboxylic acid groups (broad SMARTS) is 1. The number of hydrogen-bond acceptors (Lipinski definition) is 3. The number of halogens is 1. The molecule has 1 aliphatic heterocycles. The second-order valence-corrected chi connectivity index (χ2v) is 6.38. The minimum Gasteiger partial charge on any atom is -0.489 e. The first-order valence-electron chi connectivity index (χ1n) is 8.05. The molecule has 0 saturated carbocycles. The Kier molecular flexibility index (Phi) is 5.24. The summed E-state index contributed by atoms with van der Waals surface area (Å²) in [4.78, 5) is 25.3. The van der Waals surface area contributed by atoms with Crippen LogP contribution in [0.4, 0.5) is 0 Å². The fourth-order valence-electron chi connectivity index (χ4n) is 2.94. The Labute approximate surface area is 150 Å².